The van der Waals surface area contributed by atoms with Crippen LogP contribution in [0.25, 0.3) is 22.4 Å². The molecule has 0 bridgehead atoms. The summed E-state index contributed by atoms with van der Waals surface area (Å²) in [5, 5.41) is 26.8. The van der Waals surface area contributed by atoms with Gasteiger partial charge in [0, 0.05) is 11.8 Å². The van der Waals surface area contributed by atoms with Crippen molar-refractivity contribution in [3.63, 3.8) is 0 Å². The Morgan fingerprint density at radius 3 is 2.79 bits per heavy atom. The standard InChI is InChI=1S/C19H20FN7O2/c1-10-7-14(25-24-10)17-19-18(27-26-17)15(29-6-5-28)8-16(23-19)22-11(2)13-4-3-12(20)9-21-13/h3-4,7-9,11,28H,5-6H2,1-2H3,(H,22,23)(H,24,25)(H,26,27). The molecule has 0 aliphatic rings. The van der Waals surface area contributed by atoms with Crippen molar-refractivity contribution in [2.75, 3.05) is 18.5 Å². The molecule has 4 aromatic rings. The van der Waals surface area contributed by atoms with Gasteiger partial charge in [0.2, 0.25) is 0 Å². The van der Waals surface area contributed by atoms with E-state index in [-0.39, 0.29) is 19.3 Å². The van der Waals surface area contributed by atoms with E-state index in [0.29, 0.717) is 39.7 Å². The molecule has 4 rings (SSSR count). The van der Waals surface area contributed by atoms with Crippen LogP contribution in [0.15, 0.2) is 30.5 Å². The lowest BCUT2D eigenvalue weighted by atomic mass is 10.2. The normalized spacial score (nSPS) is 12.3. The van der Waals surface area contributed by atoms with Crippen LogP contribution in [-0.2, 0) is 0 Å². The molecule has 0 saturated carbocycles. The first kappa shape index (κ1) is 18.8. The molecule has 0 radical (unpaired) electrons. The van der Waals surface area contributed by atoms with Crippen molar-refractivity contribution < 1.29 is 14.2 Å². The summed E-state index contributed by atoms with van der Waals surface area (Å²) in [6, 6.07) is 6.34. The quantitative estimate of drug-likeness (QED) is 0.378. The summed E-state index contributed by atoms with van der Waals surface area (Å²) in [5.74, 6) is 0.633. The Morgan fingerprint density at radius 2 is 2.10 bits per heavy atom. The van der Waals surface area contributed by atoms with Gasteiger partial charge in [-0.15, -0.1) is 0 Å². The monoisotopic (exact) mass is 397 g/mol. The largest absolute Gasteiger partial charge is 0.489 e. The second kappa shape index (κ2) is 7.84. The summed E-state index contributed by atoms with van der Waals surface area (Å²) >= 11 is 0. The van der Waals surface area contributed by atoms with Crippen molar-refractivity contribution in [2.45, 2.75) is 19.9 Å². The zero-order chi connectivity index (χ0) is 20.4. The van der Waals surface area contributed by atoms with Gasteiger partial charge in [-0.3, -0.25) is 15.2 Å². The van der Waals surface area contributed by atoms with Crippen LogP contribution < -0.4 is 10.1 Å². The lowest BCUT2D eigenvalue weighted by Gasteiger charge is -2.15. The number of anilines is 1. The van der Waals surface area contributed by atoms with Gasteiger partial charge in [-0.05, 0) is 32.0 Å². The molecule has 1 atom stereocenters. The third-order valence-electron chi connectivity index (χ3n) is 4.34. The number of nitrogens with zero attached hydrogens (tertiary/aromatic N) is 4. The Labute approximate surface area is 165 Å². The Morgan fingerprint density at radius 1 is 1.24 bits per heavy atom. The van der Waals surface area contributed by atoms with E-state index in [9.17, 15) is 4.39 Å². The third kappa shape index (κ3) is 3.87. The number of pyridine rings is 2. The van der Waals surface area contributed by atoms with Gasteiger partial charge in [-0.25, -0.2) is 9.37 Å². The number of ether oxygens (including phenoxy) is 1. The van der Waals surface area contributed by atoms with Crippen molar-refractivity contribution in [3.05, 3.63) is 47.7 Å². The predicted octanol–water partition coefficient (Wildman–Crippen LogP) is 2.73. The Hall–Kier alpha value is -3.53. The van der Waals surface area contributed by atoms with Crippen LogP contribution in [0.3, 0.4) is 0 Å². The number of hydrogen-bond donors (Lipinski definition) is 4. The highest BCUT2D eigenvalue weighted by Crippen LogP contribution is 2.32. The first-order valence-electron chi connectivity index (χ1n) is 9.08. The highest BCUT2D eigenvalue weighted by Gasteiger charge is 2.18. The maximum atomic E-state index is 13.1. The van der Waals surface area contributed by atoms with Crippen LogP contribution in [0.5, 0.6) is 5.75 Å². The number of halogens is 1. The van der Waals surface area contributed by atoms with Crippen molar-refractivity contribution in [1.82, 2.24) is 30.4 Å². The van der Waals surface area contributed by atoms with Crippen molar-refractivity contribution in [3.8, 4) is 17.1 Å². The lowest BCUT2D eigenvalue weighted by molar-refractivity contribution is 0.202. The summed E-state index contributed by atoms with van der Waals surface area (Å²) < 4.78 is 18.8. The average Bonchev–Trinajstić information content (AvgIpc) is 3.32. The van der Waals surface area contributed by atoms with Crippen LogP contribution >= 0.6 is 0 Å². The summed E-state index contributed by atoms with van der Waals surface area (Å²) in [7, 11) is 0. The maximum absolute atomic E-state index is 13.1. The minimum Gasteiger partial charge on any atom is -0.489 e. The zero-order valence-electron chi connectivity index (χ0n) is 15.9. The smallest absolute Gasteiger partial charge is 0.150 e. The van der Waals surface area contributed by atoms with E-state index in [0.717, 1.165) is 5.69 Å². The topological polar surface area (TPSA) is 125 Å². The van der Waals surface area contributed by atoms with E-state index < -0.39 is 5.82 Å². The zero-order valence-corrected chi connectivity index (χ0v) is 15.9. The van der Waals surface area contributed by atoms with Crippen LogP contribution in [-0.4, -0.2) is 48.7 Å². The number of aryl methyl sites for hydroxylation is 1. The molecule has 1 unspecified atom stereocenters. The fourth-order valence-corrected chi connectivity index (χ4v) is 2.97. The van der Waals surface area contributed by atoms with Gasteiger partial charge in [-0.2, -0.15) is 10.2 Å². The SMILES string of the molecule is Cc1cc(-c2n[nH]c3c(OCCO)cc(NC(C)c4ccc(F)cn4)nc23)n[nH]1. The number of rotatable bonds is 7. The molecule has 29 heavy (non-hydrogen) atoms. The van der Waals surface area contributed by atoms with E-state index in [2.05, 4.69) is 35.7 Å². The van der Waals surface area contributed by atoms with Gasteiger partial charge in [0.25, 0.3) is 0 Å². The molecule has 0 amide bonds. The number of hydrogen-bond acceptors (Lipinski definition) is 7. The Kier molecular flexibility index (Phi) is 5.09. The predicted molar refractivity (Wildman–Crippen MR) is 105 cm³/mol. The van der Waals surface area contributed by atoms with Gasteiger partial charge in [0.05, 0.1) is 24.5 Å². The average molecular weight is 397 g/mol. The number of fused-ring (bicyclic) bond motifs is 1. The van der Waals surface area contributed by atoms with Crippen molar-refractivity contribution in [1.29, 1.82) is 0 Å². The van der Waals surface area contributed by atoms with E-state index >= 15 is 0 Å². The number of aliphatic hydroxyl groups excluding tert-OH is 1. The van der Waals surface area contributed by atoms with E-state index in [1.165, 1.54) is 12.3 Å². The number of aromatic amines is 2. The van der Waals surface area contributed by atoms with Gasteiger partial charge >= 0.3 is 0 Å². The van der Waals surface area contributed by atoms with Crippen molar-refractivity contribution in [2.24, 2.45) is 0 Å². The molecule has 0 aromatic carbocycles. The molecule has 10 heteroatoms. The fraction of sp³-hybridized carbons (Fsp3) is 0.263. The number of aliphatic hydroxyl groups is 1. The lowest BCUT2D eigenvalue weighted by Crippen LogP contribution is -2.10. The molecule has 4 heterocycles. The van der Waals surface area contributed by atoms with Crippen LogP contribution in [0, 0.1) is 12.7 Å². The van der Waals surface area contributed by atoms with E-state index in [1.807, 2.05) is 19.9 Å². The van der Waals surface area contributed by atoms with Crippen LogP contribution in [0.1, 0.15) is 24.4 Å². The second-order valence-corrected chi connectivity index (χ2v) is 6.58. The molecule has 4 aromatic heterocycles. The number of H-pyrrole nitrogens is 2. The van der Waals surface area contributed by atoms with Gasteiger partial charge in [-0.1, -0.05) is 0 Å². The Bertz CT molecular complexity index is 1120. The summed E-state index contributed by atoms with van der Waals surface area (Å²) in [4.78, 5) is 8.77. The maximum Gasteiger partial charge on any atom is 0.150 e. The molecule has 0 saturated heterocycles. The molecule has 150 valence electrons. The molecular formula is C19H20FN7O2. The molecule has 0 aliphatic heterocycles. The van der Waals surface area contributed by atoms with E-state index in [1.54, 1.807) is 12.1 Å². The molecular weight excluding hydrogens is 377 g/mol. The van der Waals surface area contributed by atoms with Gasteiger partial charge < -0.3 is 15.2 Å². The minimum absolute atomic E-state index is 0.123. The first-order valence-corrected chi connectivity index (χ1v) is 9.08. The third-order valence-corrected chi connectivity index (χ3v) is 4.34. The number of nitrogens with one attached hydrogen (secondary N) is 3. The summed E-state index contributed by atoms with van der Waals surface area (Å²) in [6.45, 7) is 3.80. The van der Waals surface area contributed by atoms with Crippen LogP contribution in [0.2, 0.25) is 0 Å². The number of aromatic nitrogens is 6. The Balaban J connectivity index is 1.73. The first-order chi connectivity index (χ1) is 14.0. The van der Waals surface area contributed by atoms with E-state index in [4.69, 9.17) is 9.84 Å². The molecule has 4 N–H and O–H groups in total. The molecule has 0 aliphatic carbocycles. The highest BCUT2D eigenvalue weighted by atomic mass is 19.1. The second-order valence-electron chi connectivity index (χ2n) is 6.58. The highest BCUT2D eigenvalue weighted by molar-refractivity contribution is 5.93. The molecule has 9 nitrogen and oxygen atoms in total. The fourth-order valence-electron chi connectivity index (χ4n) is 2.97. The minimum atomic E-state index is -0.391. The van der Waals surface area contributed by atoms with Crippen molar-refractivity contribution >= 4 is 16.9 Å². The summed E-state index contributed by atoms with van der Waals surface area (Å²) in [6.07, 6.45) is 1.17. The van der Waals surface area contributed by atoms with Crippen LogP contribution in [0.4, 0.5) is 10.2 Å². The molecule has 0 spiro atoms. The van der Waals surface area contributed by atoms with Gasteiger partial charge in [0.1, 0.15) is 46.4 Å². The van der Waals surface area contributed by atoms with Gasteiger partial charge in [0.15, 0.2) is 0 Å². The summed E-state index contributed by atoms with van der Waals surface area (Å²) in [5.41, 5.74) is 3.98. The molecule has 0 fully saturated rings.